The molecule has 17 heavy (non-hydrogen) atoms. The van der Waals surface area contributed by atoms with E-state index < -0.39 is 17.0 Å². The van der Waals surface area contributed by atoms with Crippen LogP contribution in [-0.4, -0.2) is 23.6 Å². The molecule has 6 heteroatoms. The van der Waals surface area contributed by atoms with Crippen molar-refractivity contribution in [2.75, 3.05) is 6.61 Å². The molecule has 1 heterocycles. The zero-order chi connectivity index (χ0) is 12.4. The fourth-order valence-corrected chi connectivity index (χ4v) is 1.56. The number of hydrogen-bond acceptors (Lipinski definition) is 5. The minimum absolute atomic E-state index is 0.0158. The summed E-state index contributed by atoms with van der Waals surface area (Å²) in [6.45, 7) is 2.03. The maximum Gasteiger partial charge on any atom is 0.338 e. The van der Waals surface area contributed by atoms with E-state index in [1.807, 2.05) is 0 Å². The van der Waals surface area contributed by atoms with Gasteiger partial charge in [0.25, 0.3) is 5.69 Å². The number of benzene rings is 1. The molecule has 0 amide bonds. The molecule has 0 saturated carbocycles. The van der Waals surface area contributed by atoms with Crippen LogP contribution in [0.5, 0.6) is 0 Å². The van der Waals surface area contributed by atoms with E-state index in [1.54, 1.807) is 19.1 Å². The lowest BCUT2D eigenvalue weighted by Gasteiger charge is -1.97. The molecular formula is C11H11NO5. The Balaban J connectivity index is 2.01. The monoisotopic (exact) mass is 237 g/mol. The largest absolute Gasteiger partial charge is 0.464 e. The third-order valence-corrected chi connectivity index (χ3v) is 2.44. The molecule has 2 atom stereocenters. The lowest BCUT2D eigenvalue weighted by Crippen LogP contribution is -2.11. The fourth-order valence-electron chi connectivity index (χ4n) is 1.56. The number of carbonyl (C=O) groups is 1. The number of nitro groups is 1. The summed E-state index contributed by atoms with van der Waals surface area (Å²) in [4.78, 5) is 21.3. The number of ether oxygens (including phenoxy) is 2. The first-order valence-electron chi connectivity index (χ1n) is 5.20. The third-order valence-electron chi connectivity index (χ3n) is 2.44. The van der Waals surface area contributed by atoms with E-state index in [-0.39, 0.29) is 11.8 Å². The van der Waals surface area contributed by atoms with E-state index in [0.29, 0.717) is 6.61 Å². The van der Waals surface area contributed by atoms with Crippen LogP contribution in [0.15, 0.2) is 24.3 Å². The zero-order valence-corrected chi connectivity index (χ0v) is 9.16. The van der Waals surface area contributed by atoms with Crippen molar-refractivity contribution in [2.45, 2.75) is 19.1 Å². The van der Waals surface area contributed by atoms with Gasteiger partial charge in [-0.25, -0.2) is 4.79 Å². The van der Waals surface area contributed by atoms with Gasteiger partial charge in [-0.05, 0) is 24.6 Å². The first-order chi connectivity index (χ1) is 8.13. The lowest BCUT2D eigenvalue weighted by molar-refractivity contribution is -0.384. The second kappa shape index (κ2) is 4.50. The van der Waals surface area contributed by atoms with Gasteiger partial charge < -0.3 is 9.47 Å². The van der Waals surface area contributed by atoms with Crippen LogP contribution in [0.1, 0.15) is 18.6 Å². The summed E-state index contributed by atoms with van der Waals surface area (Å²) in [5, 5.41) is 10.5. The van der Waals surface area contributed by atoms with Crippen molar-refractivity contribution in [1.82, 2.24) is 0 Å². The van der Waals surface area contributed by atoms with Crippen LogP contribution in [-0.2, 0) is 14.3 Å². The highest BCUT2D eigenvalue weighted by Crippen LogP contribution is 2.39. The minimum Gasteiger partial charge on any atom is -0.464 e. The van der Waals surface area contributed by atoms with Gasteiger partial charge in [-0.3, -0.25) is 10.1 Å². The number of non-ortho nitro benzene ring substituents is 1. The van der Waals surface area contributed by atoms with Gasteiger partial charge in [-0.1, -0.05) is 0 Å². The number of carbonyl (C=O) groups excluding carboxylic acids is 1. The molecule has 0 unspecified atom stereocenters. The number of hydrogen-bond donors (Lipinski definition) is 0. The van der Waals surface area contributed by atoms with Crippen molar-refractivity contribution in [3.05, 3.63) is 39.9 Å². The molecule has 1 aliphatic heterocycles. The molecule has 0 spiro atoms. The van der Waals surface area contributed by atoms with E-state index in [4.69, 9.17) is 9.47 Å². The number of esters is 1. The molecule has 0 bridgehead atoms. The second-order valence-corrected chi connectivity index (χ2v) is 3.58. The molecule has 6 nitrogen and oxygen atoms in total. The Labute approximate surface area is 97.3 Å². The predicted octanol–water partition coefficient (Wildman–Crippen LogP) is 1.60. The standard InChI is InChI=1S/C11H11NO5/c1-2-16-11(13)10-9(17-10)7-3-5-8(6-4-7)12(14)15/h3-6,9-10H,2H2,1H3/t9-,10+/m1/s1. The van der Waals surface area contributed by atoms with E-state index in [1.165, 1.54) is 12.1 Å². The maximum absolute atomic E-state index is 11.3. The van der Waals surface area contributed by atoms with E-state index in [0.717, 1.165) is 5.56 Å². The van der Waals surface area contributed by atoms with Gasteiger partial charge in [0, 0.05) is 12.1 Å². The Morgan fingerprint density at radius 1 is 1.47 bits per heavy atom. The van der Waals surface area contributed by atoms with Crippen LogP contribution in [0.25, 0.3) is 0 Å². The highest BCUT2D eigenvalue weighted by atomic mass is 16.6. The molecule has 0 N–H and O–H groups in total. The Morgan fingerprint density at radius 3 is 2.65 bits per heavy atom. The van der Waals surface area contributed by atoms with Gasteiger partial charge in [0.2, 0.25) is 0 Å². The molecule has 1 aromatic carbocycles. The molecule has 1 aliphatic rings. The van der Waals surface area contributed by atoms with Gasteiger partial charge in [0.1, 0.15) is 6.10 Å². The SMILES string of the molecule is CCOC(=O)[C@H]1O[C@@H]1c1ccc([N+](=O)[O-])cc1. The third kappa shape index (κ3) is 2.42. The van der Waals surface area contributed by atoms with Gasteiger partial charge >= 0.3 is 5.97 Å². The van der Waals surface area contributed by atoms with Crippen LogP contribution >= 0.6 is 0 Å². The van der Waals surface area contributed by atoms with Crippen molar-refractivity contribution in [3.63, 3.8) is 0 Å². The molecule has 0 aliphatic carbocycles. The Bertz CT molecular complexity index is 442. The second-order valence-electron chi connectivity index (χ2n) is 3.58. The van der Waals surface area contributed by atoms with Crippen LogP contribution < -0.4 is 0 Å². The molecule has 90 valence electrons. The molecule has 1 fully saturated rings. The van der Waals surface area contributed by atoms with Crippen molar-refractivity contribution in [1.29, 1.82) is 0 Å². The van der Waals surface area contributed by atoms with Crippen molar-refractivity contribution in [3.8, 4) is 0 Å². The van der Waals surface area contributed by atoms with Crippen molar-refractivity contribution >= 4 is 11.7 Å². The summed E-state index contributed by atoms with van der Waals surface area (Å²) in [5.74, 6) is -0.393. The summed E-state index contributed by atoms with van der Waals surface area (Å²) in [7, 11) is 0. The van der Waals surface area contributed by atoms with Crippen molar-refractivity contribution in [2.24, 2.45) is 0 Å². The molecule has 0 aromatic heterocycles. The first-order valence-corrected chi connectivity index (χ1v) is 5.20. The van der Waals surface area contributed by atoms with Crippen molar-refractivity contribution < 1.29 is 19.2 Å². The van der Waals surface area contributed by atoms with Gasteiger partial charge in [-0.2, -0.15) is 0 Å². The van der Waals surface area contributed by atoms with E-state index >= 15 is 0 Å². The zero-order valence-electron chi connectivity index (χ0n) is 9.16. The molecule has 2 rings (SSSR count). The molecule has 1 saturated heterocycles. The minimum atomic E-state index is -0.573. The van der Waals surface area contributed by atoms with Gasteiger partial charge in [0.05, 0.1) is 11.5 Å². The predicted molar refractivity (Wildman–Crippen MR) is 57.3 cm³/mol. The van der Waals surface area contributed by atoms with Gasteiger partial charge in [0.15, 0.2) is 6.10 Å². The Kier molecular flexibility index (Phi) is 3.06. The van der Waals surface area contributed by atoms with Crippen LogP contribution in [0, 0.1) is 10.1 Å². The number of nitro benzene ring substituents is 1. The summed E-state index contributed by atoms with van der Waals surface area (Å²) < 4.78 is 9.98. The highest BCUT2D eigenvalue weighted by Gasteiger charge is 2.47. The number of rotatable bonds is 4. The topological polar surface area (TPSA) is 82.0 Å². The molecule has 0 radical (unpaired) electrons. The summed E-state index contributed by atoms with van der Waals surface area (Å²) in [5.41, 5.74) is 0.760. The van der Waals surface area contributed by atoms with E-state index in [9.17, 15) is 14.9 Å². The van der Waals surface area contributed by atoms with Gasteiger partial charge in [-0.15, -0.1) is 0 Å². The first kappa shape index (κ1) is 11.5. The number of epoxide rings is 1. The average molecular weight is 237 g/mol. The quantitative estimate of drug-likeness (QED) is 0.344. The van der Waals surface area contributed by atoms with Crippen LogP contribution in [0.3, 0.4) is 0 Å². The Hall–Kier alpha value is -1.95. The Morgan fingerprint density at radius 2 is 2.12 bits per heavy atom. The highest BCUT2D eigenvalue weighted by molar-refractivity contribution is 5.78. The van der Waals surface area contributed by atoms with Crippen LogP contribution in [0.4, 0.5) is 5.69 Å². The number of nitrogens with zero attached hydrogens (tertiary/aromatic N) is 1. The lowest BCUT2D eigenvalue weighted by atomic mass is 10.1. The van der Waals surface area contributed by atoms with E-state index in [2.05, 4.69) is 0 Å². The maximum atomic E-state index is 11.3. The molecular weight excluding hydrogens is 226 g/mol. The summed E-state index contributed by atoms with van der Waals surface area (Å²) in [6.07, 6.45) is -0.911. The fraction of sp³-hybridized carbons (Fsp3) is 0.364. The normalized spacial score (nSPS) is 21.9. The molecule has 1 aromatic rings. The van der Waals surface area contributed by atoms with Crippen LogP contribution in [0.2, 0.25) is 0 Å². The summed E-state index contributed by atoms with van der Waals surface area (Å²) >= 11 is 0. The smallest absolute Gasteiger partial charge is 0.338 e. The average Bonchev–Trinajstić information content (AvgIpc) is 3.09. The summed E-state index contributed by atoms with van der Waals surface area (Å²) in [6, 6.07) is 5.95.